The summed E-state index contributed by atoms with van der Waals surface area (Å²) >= 11 is 0. The third-order valence-electron chi connectivity index (χ3n) is 2.15. The summed E-state index contributed by atoms with van der Waals surface area (Å²) in [4.78, 5) is 10.4. The third-order valence-corrected chi connectivity index (χ3v) is 2.15. The smallest absolute Gasteiger partial charge is 0.165 e. The number of rotatable bonds is 8. The minimum absolute atomic E-state index is 0.525. The standard InChI is InChI=1S/C12H22O3/c1-5-14-12(4,15-6-2)9-7-8-11(3)10-13/h8,10H,5-7,9H2,1-4H3. The molecule has 0 rings (SSSR count). The number of ether oxygens (including phenoxy) is 2. The topological polar surface area (TPSA) is 35.5 Å². The molecule has 0 aromatic rings. The molecule has 0 radical (unpaired) electrons. The van der Waals surface area contributed by atoms with E-state index >= 15 is 0 Å². The van der Waals surface area contributed by atoms with Crippen LogP contribution in [0.15, 0.2) is 11.6 Å². The van der Waals surface area contributed by atoms with E-state index in [0.717, 1.165) is 24.7 Å². The van der Waals surface area contributed by atoms with Crippen molar-refractivity contribution in [2.75, 3.05) is 13.2 Å². The number of carbonyl (C=O) groups excluding carboxylic acids is 1. The van der Waals surface area contributed by atoms with Gasteiger partial charge < -0.3 is 9.47 Å². The highest BCUT2D eigenvalue weighted by Gasteiger charge is 2.23. The lowest BCUT2D eigenvalue weighted by molar-refractivity contribution is -0.223. The molecule has 0 fully saturated rings. The van der Waals surface area contributed by atoms with Gasteiger partial charge in [-0.1, -0.05) is 6.08 Å². The lowest BCUT2D eigenvalue weighted by Crippen LogP contribution is -2.32. The Kier molecular flexibility index (Phi) is 7.26. The molecule has 0 aliphatic heterocycles. The Bertz CT molecular complexity index is 203. The first kappa shape index (κ1) is 14.3. The Balaban J connectivity index is 4.11. The minimum atomic E-state index is -0.525. The molecular weight excluding hydrogens is 192 g/mol. The molecule has 15 heavy (non-hydrogen) atoms. The van der Waals surface area contributed by atoms with Gasteiger partial charge in [-0.15, -0.1) is 0 Å². The predicted molar refractivity (Wildman–Crippen MR) is 60.7 cm³/mol. The predicted octanol–water partition coefficient (Wildman–Crippen LogP) is 2.70. The summed E-state index contributed by atoms with van der Waals surface area (Å²) in [6, 6.07) is 0. The van der Waals surface area contributed by atoms with Crippen LogP contribution in [-0.2, 0) is 14.3 Å². The molecule has 0 saturated heterocycles. The zero-order valence-corrected chi connectivity index (χ0v) is 10.2. The van der Waals surface area contributed by atoms with Gasteiger partial charge in [-0.05, 0) is 39.7 Å². The molecule has 0 aliphatic rings. The monoisotopic (exact) mass is 214 g/mol. The second-order valence-electron chi connectivity index (χ2n) is 3.60. The number of hydrogen-bond donors (Lipinski definition) is 0. The van der Waals surface area contributed by atoms with E-state index in [2.05, 4.69) is 0 Å². The average molecular weight is 214 g/mol. The van der Waals surface area contributed by atoms with Crippen LogP contribution in [0.3, 0.4) is 0 Å². The fraction of sp³-hybridized carbons (Fsp3) is 0.750. The van der Waals surface area contributed by atoms with Crippen molar-refractivity contribution in [3.8, 4) is 0 Å². The molecule has 88 valence electrons. The Labute approximate surface area is 92.5 Å². The summed E-state index contributed by atoms with van der Waals surface area (Å²) in [5.74, 6) is -0.525. The highest BCUT2D eigenvalue weighted by Crippen LogP contribution is 2.20. The van der Waals surface area contributed by atoms with Crippen LogP contribution in [0.1, 0.15) is 40.5 Å². The first-order valence-electron chi connectivity index (χ1n) is 5.47. The van der Waals surface area contributed by atoms with Crippen LogP contribution >= 0.6 is 0 Å². The summed E-state index contributed by atoms with van der Waals surface area (Å²) in [5.41, 5.74) is 0.755. The third kappa shape index (κ3) is 6.42. The second kappa shape index (κ2) is 7.60. The maximum absolute atomic E-state index is 10.4. The largest absolute Gasteiger partial charge is 0.351 e. The van der Waals surface area contributed by atoms with Gasteiger partial charge in [0.25, 0.3) is 0 Å². The van der Waals surface area contributed by atoms with Crippen molar-refractivity contribution in [3.05, 3.63) is 11.6 Å². The molecule has 0 aromatic heterocycles. The van der Waals surface area contributed by atoms with Gasteiger partial charge in [-0.2, -0.15) is 0 Å². The number of allylic oxidation sites excluding steroid dienone is 2. The molecule has 3 nitrogen and oxygen atoms in total. The number of carbonyl (C=O) groups is 1. The van der Waals surface area contributed by atoms with E-state index in [0.29, 0.717) is 13.2 Å². The lowest BCUT2D eigenvalue weighted by atomic mass is 10.1. The highest BCUT2D eigenvalue weighted by atomic mass is 16.7. The van der Waals surface area contributed by atoms with Gasteiger partial charge in [0.1, 0.15) is 6.29 Å². The summed E-state index contributed by atoms with van der Waals surface area (Å²) < 4.78 is 11.1. The Morgan fingerprint density at radius 3 is 2.20 bits per heavy atom. The van der Waals surface area contributed by atoms with E-state index in [1.165, 1.54) is 0 Å². The van der Waals surface area contributed by atoms with Crippen LogP contribution in [-0.4, -0.2) is 25.3 Å². The van der Waals surface area contributed by atoms with Crippen molar-refractivity contribution >= 4 is 6.29 Å². The first-order valence-corrected chi connectivity index (χ1v) is 5.47. The molecule has 0 saturated carbocycles. The van der Waals surface area contributed by atoms with Crippen molar-refractivity contribution < 1.29 is 14.3 Å². The molecule has 0 heterocycles. The average Bonchev–Trinajstić information content (AvgIpc) is 2.18. The Morgan fingerprint density at radius 1 is 1.27 bits per heavy atom. The van der Waals surface area contributed by atoms with Crippen molar-refractivity contribution in [3.63, 3.8) is 0 Å². The molecular formula is C12H22O3. The fourth-order valence-corrected chi connectivity index (χ4v) is 1.41. The van der Waals surface area contributed by atoms with E-state index in [-0.39, 0.29) is 0 Å². The molecule has 0 unspecified atom stereocenters. The molecule has 0 aliphatic carbocycles. The van der Waals surface area contributed by atoms with Gasteiger partial charge >= 0.3 is 0 Å². The highest BCUT2D eigenvalue weighted by molar-refractivity contribution is 5.71. The van der Waals surface area contributed by atoms with Crippen LogP contribution in [0.2, 0.25) is 0 Å². The molecule has 0 amide bonds. The zero-order valence-electron chi connectivity index (χ0n) is 10.2. The Morgan fingerprint density at radius 2 is 1.80 bits per heavy atom. The van der Waals surface area contributed by atoms with Gasteiger partial charge in [0, 0.05) is 19.6 Å². The van der Waals surface area contributed by atoms with Gasteiger partial charge in [-0.3, -0.25) is 4.79 Å². The molecule has 0 aromatic carbocycles. The quantitative estimate of drug-likeness (QED) is 0.354. The van der Waals surface area contributed by atoms with Gasteiger partial charge in [-0.25, -0.2) is 0 Å². The van der Waals surface area contributed by atoms with Gasteiger partial charge in [0.2, 0.25) is 0 Å². The van der Waals surface area contributed by atoms with Gasteiger partial charge in [0.05, 0.1) is 0 Å². The molecule has 3 heteroatoms. The van der Waals surface area contributed by atoms with Crippen LogP contribution < -0.4 is 0 Å². The van der Waals surface area contributed by atoms with Crippen LogP contribution in [0.25, 0.3) is 0 Å². The minimum Gasteiger partial charge on any atom is -0.351 e. The zero-order chi connectivity index (χ0) is 11.7. The van der Waals surface area contributed by atoms with Crippen LogP contribution in [0, 0.1) is 0 Å². The maximum Gasteiger partial charge on any atom is 0.165 e. The number of aldehydes is 1. The van der Waals surface area contributed by atoms with E-state index in [4.69, 9.17) is 9.47 Å². The van der Waals surface area contributed by atoms with Crippen LogP contribution in [0.4, 0.5) is 0 Å². The summed E-state index contributed by atoms with van der Waals surface area (Å²) in [6.07, 6.45) is 4.32. The van der Waals surface area contributed by atoms with Crippen molar-refractivity contribution in [1.29, 1.82) is 0 Å². The molecule has 0 atom stereocenters. The van der Waals surface area contributed by atoms with E-state index < -0.39 is 5.79 Å². The lowest BCUT2D eigenvalue weighted by Gasteiger charge is -2.28. The molecule has 0 bridgehead atoms. The Hall–Kier alpha value is -0.670. The van der Waals surface area contributed by atoms with Crippen molar-refractivity contribution in [2.24, 2.45) is 0 Å². The SMILES string of the molecule is CCOC(C)(CCC=C(C)C=O)OCC. The second-order valence-corrected chi connectivity index (χ2v) is 3.60. The fourth-order valence-electron chi connectivity index (χ4n) is 1.41. The first-order chi connectivity index (χ1) is 7.08. The van der Waals surface area contributed by atoms with E-state index in [1.54, 1.807) is 6.92 Å². The van der Waals surface area contributed by atoms with Crippen LogP contribution in [0.5, 0.6) is 0 Å². The molecule has 0 N–H and O–H groups in total. The normalized spacial score (nSPS) is 12.9. The van der Waals surface area contributed by atoms with E-state index in [9.17, 15) is 4.79 Å². The molecule has 0 spiro atoms. The van der Waals surface area contributed by atoms with Crippen molar-refractivity contribution in [1.82, 2.24) is 0 Å². The maximum atomic E-state index is 10.4. The summed E-state index contributed by atoms with van der Waals surface area (Å²) in [5, 5.41) is 0. The number of hydrogen-bond acceptors (Lipinski definition) is 3. The van der Waals surface area contributed by atoms with E-state index in [1.807, 2.05) is 26.8 Å². The summed E-state index contributed by atoms with van der Waals surface area (Å²) in [6.45, 7) is 8.89. The van der Waals surface area contributed by atoms with Crippen molar-refractivity contribution in [2.45, 2.75) is 46.3 Å². The van der Waals surface area contributed by atoms with Gasteiger partial charge in [0.15, 0.2) is 5.79 Å². The summed E-state index contributed by atoms with van der Waals surface area (Å²) in [7, 11) is 0.